The third kappa shape index (κ3) is 4.25. The second kappa shape index (κ2) is 7.95. The summed E-state index contributed by atoms with van der Waals surface area (Å²) in [6, 6.07) is 0.693. The highest BCUT2D eigenvalue weighted by atomic mass is 16.5. The van der Waals surface area contributed by atoms with Crippen molar-refractivity contribution in [1.29, 1.82) is 0 Å². The number of rotatable bonds is 3. The number of ether oxygens (including phenoxy) is 1. The molecular formula is C18H33N3O2. The molecule has 0 aliphatic carbocycles. The number of likely N-dealkylation sites (N-methyl/N-ethyl adjacent to an activating group) is 1. The molecule has 0 N–H and O–H groups in total. The van der Waals surface area contributed by atoms with Crippen molar-refractivity contribution >= 4 is 5.91 Å². The van der Waals surface area contributed by atoms with E-state index in [9.17, 15) is 4.79 Å². The molecule has 0 saturated carbocycles. The molecule has 3 aliphatic heterocycles. The van der Waals surface area contributed by atoms with Gasteiger partial charge in [0.05, 0.1) is 0 Å². The lowest BCUT2D eigenvalue weighted by molar-refractivity contribution is -0.140. The number of hydrogen-bond donors (Lipinski definition) is 0. The summed E-state index contributed by atoms with van der Waals surface area (Å²) in [7, 11) is 2.22. The number of amides is 1. The Morgan fingerprint density at radius 2 is 1.74 bits per heavy atom. The van der Waals surface area contributed by atoms with E-state index in [1.54, 1.807) is 0 Å². The highest BCUT2D eigenvalue weighted by Gasteiger charge is 2.32. The van der Waals surface area contributed by atoms with E-state index in [0.717, 1.165) is 52.2 Å². The van der Waals surface area contributed by atoms with E-state index in [4.69, 9.17) is 4.74 Å². The van der Waals surface area contributed by atoms with Gasteiger partial charge in [-0.25, -0.2) is 0 Å². The van der Waals surface area contributed by atoms with E-state index >= 15 is 0 Å². The first-order valence-electron chi connectivity index (χ1n) is 9.44. The fourth-order valence-electron chi connectivity index (χ4n) is 4.45. The van der Waals surface area contributed by atoms with Crippen LogP contribution in [0.5, 0.6) is 0 Å². The summed E-state index contributed by atoms with van der Waals surface area (Å²) in [6.45, 7) is 10.1. The van der Waals surface area contributed by atoms with Crippen molar-refractivity contribution in [3.05, 3.63) is 0 Å². The Morgan fingerprint density at radius 1 is 1.04 bits per heavy atom. The summed E-state index contributed by atoms with van der Waals surface area (Å²) >= 11 is 0. The molecule has 0 aromatic heterocycles. The molecule has 1 amide bonds. The van der Waals surface area contributed by atoms with Crippen molar-refractivity contribution in [2.24, 2.45) is 11.8 Å². The van der Waals surface area contributed by atoms with Crippen molar-refractivity contribution in [2.45, 2.75) is 38.6 Å². The molecule has 3 fully saturated rings. The Labute approximate surface area is 140 Å². The molecule has 3 saturated heterocycles. The maximum absolute atomic E-state index is 12.8. The van der Waals surface area contributed by atoms with Gasteiger partial charge in [-0.3, -0.25) is 9.69 Å². The minimum atomic E-state index is 0.159. The van der Waals surface area contributed by atoms with Gasteiger partial charge in [-0.15, -0.1) is 0 Å². The van der Waals surface area contributed by atoms with Crippen LogP contribution >= 0.6 is 0 Å². The van der Waals surface area contributed by atoms with Crippen LogP contribution < -0.4 is 0 Å². The van der Waals surface area contributed by atoms with Crippen LogP contribution in [0.2, 0.25) is 0 Å². The van der Waals surface area contributed by atoms with Crippen LogP contribution in [0.25, 0.3) is 0 Å². The molecule has 0 radical (unpaired) electrons. The Kier molecular flexibility index (Phi) is 5.94. The topological polar surface area (TPSA) is 36.0 Å². The fraction of sp³-hybridized carbons (Fsp3) is 0.944. The third-order valence-electron chi connectivity index (χ3n) is 6.10. The molecule has 23 heavy (non-hydrogen) atoms. The first-order chi connectivity index (χ1) is 11.1. The SMILES string of the molecule is CC(C(=O)N1CCN(C2CCCN(C)C2)CC1)C1CCOCC1. The summed E-state index contributed by atoms with van der Waals surface area (Å²) in [5.74, 6) is 1.05. The Morgan fingerprint density at radius 3 is 2.39 bits per heavy atom. The van der Waals surface area contributed by atoms with Gasteiger partial charge in [0.25, 0.3) is 0 Å². The molecule has 3 aliphatic rings. The molecule has 0 spiro atoms. The largest absolute Gasteiger partial charge is 0.381 e. The Hall–Kier alpha value is -0.650. The van der Waals surface area contributed by atoms with Gasteiger partial charge in [-0.2, -0.15) is 0 Å². The standard InChI is InChI=1S/C18H33N3O2/c1-15(16-5-12-23-13-6-16)18(22)21-10-8-20(9-11-21)17-4-3-7-19(2)14-17/h15-17H,3-14H2,1-2H3. The lowest BCUT2D eigenvalue weighted by atomic mass is 9.86. The van der Waals surface area contributed by atoms with E-state index < -0.39 is 0 Å². The van der Waals surface area contributed by atoms with Gasteiger partial charge in [-0.05, 0) is 45.2 Å². The molecule has 132 valence electrons. The van der Waals surface area contributed by atoms with Crippen molar-refractivity contribution in [3.63, 3.8) is 0 Å². The summed E-state index contributed by atoms with van der Waals surface area (Å²) in [4.78, 5) is 20.0. The van der Waals surface area contributed by atoms with E-state index in [0.29, 0.717) is 17.9 Å². The maximum Gasteiger partial charge on any atom is 0.225 e. The second-order valence-electron chi connectivity index (χ2n) is 7.66. The van der Waals surface area contributed by atoms with Crippen molar-refractivity contribution in [1.82, 2.24) is 14.7 Å². The number of piperazine rings is 1. The van der Waals surface area contributed by atoms with Crippen molar-refractivity contribution in [3.8, 4) is 0 Å². The maximum atomic E-state index is 12.8. The van der Waals surface area contributed by atoms with Gasteiger partial charge in [0, 0.05) is 57.9 Å². The summed E-state index contributed by atoms with van der Waals surface area (Å²) in [6.07, 6.45) is 4.71. The molecule has 5 heteroatoms. The third-order valence-corrected chi connectivity index (χ3v) is 6.10. The lowest BCUT2D eigenvalue weighted by Gasteiger charge is -2.43. The molecule has 0 aromatic rings. The Bertz CT molecular complexity index is 390. The molecule has 2 unspecified atom stereocenters. The number of carbonyl (C=O) groups is 1. The van der Waals surface area contributed by atoms with Gasteiger partial charge in [0.2, 0.25) is 5.91 Å². The summed E-state index contributed by atoms with van der Waals surface area (Å²) in [5.41, 5.74) is 0. The van der Waals surface area contributed by atoms with Crippen LogP contribution in [-0.4, -0.2) is 86.2 Å². The van der Waals surface area contributed by atoms with Crippen LogP contribution in [-0.2, 0) is 9.53 Å². The Balaban J connectivity index is 1.47. The van der Waals surface area contributed by atoms with Crippen molar-refractivity contribution in [2.75, 3.05) is 59.5 Å². The smallest absolute Gasteiger partial charge is 0.225 e. The van der Waals surface area contributed by atoms with Crippen LogP contribution in [0, 0.1) is 11.8 Å². The van der Waals surface area contributed by atoms with Crippen LogP contribution in [0.1, 0.15) is 32.6 Å². The highest BCUT2D eigenvalue weighted by Crippen LogP contribution is 2.26. The number of likely N-dealkylation sites (tertiary alicyclic amines) is 1. The zero-order valence-corrected chi connectivity index (χ0v) is 14.9. The number of piperidine rings is 1. The quantitative estimate of drug-likeness (QED) is 0.784. The van der Waals surface area contributed by atoms with Crippen LogP contribution in [0.3, 0.4) is 0 Å². The first kappa shape index (κ1) is 17.2. The van der Waals surface area contributed by atoms with Crippen molar-refractivity contribution < 1.29 is 9.53 Å². The zero-order chi connectivity index (χ0) is 16.2. The predicted octanol–water partition coefficient (Wildman–Crippen LogP) is 1.29. The molecule has 0 aromatic carbocycles. The number of nitrogens with zero attached hydrogens (tertiary/aromatic N) is 3. The zero-order valence-electron chi connectivity index (χ0n) is 14.9. The van der Waals surface area contributed by atoms with Gasteiger partial charge >= 0.3 is 0 Å². The molecule has 2 atom stereocenters. The van der Waals surface area contributed by atoms with Gasteiger partial charge < -0.3 is 14.5 Å². The molecule has 0 bridgehead atoms. The molecule has 5 nitrogen and oxygen atoms in total. The van der Waals surface area contributed by atoms with Gasteiger partial charge in [-0.1, -0.05) is 6.92 Å². The average Bonchev–Trinajstić information content (AvgIpc) is 2.61. The van der Waals surface area contributed by atoms with Crippen LogP contribution in [0.4, 0.5) is 0 Å². The van der Waals surface area contributed by atoms with E-state index in [1.165, 1.54) is 25.9 Å². The lowest BCUT2D eigenvalue weighted by Crippen LogP contribution is -2.56. The summed E-state index contributed by atoms with van der Waals surface area (Å²) in [5, 5.41) is 0. The van der Waals surface area contributed by atoms with E-state index in [1.807, 2.05) is 0 Å². The van der Waals surface area contributed by atoms with Gasteiger partial charge in [0.15, 0.2) is 0 Å². The number of hydrogen-bond acceptors (Lipinski definition) is 4. The highest BCUT2D eigenvalue weighted by molar-refractivity contribution is 5.79. The number of carbonyl (C=O) groups excluding carboxylic acids is 1. The monoisotopic (exact) mass is 323 g/mol. The first-order valence-corrected chi connectivity index (χ1v) is 9.44. The van der Waals surface area contributed by atoms with E-state index in [-0.39, 0.29) is 5.92 Å². The minimum Gasteiger partial charge on any atom is -0.381 e. The minimum absolute atomic E-state index is 0.159. The predicted molar refractivity (Wildman–Crippen MR) is 91.4 cm³/mol. The van der Waals surface area contributed by atoms with Crippen LogP contribution in [0.15, 0.2) is 0 Å². The van der Waals surface area contributed by atoms with Gasteiger partial charge in [0.1, 0.15) is 0 Å². The second-order valence-corrected chi connectivity index (χ2v) is 7.66. The summed E-state index contributed by atoms with van der Waals surface area (Å²) < 4.78 is 5.43. The normalized spacial score (nSPS) is 30.3. The molecule has 3 rings (SSSR count). The molecule has 3 heterocycles. The van der Waals surface area contributed by atoms with E-state index in [2.05, 4.69) is 28.7 Å². The average molecular weight is 323 g/mol. The molecular weight excluding hydrogens is 290 g/mol. The fourth-order valence-corrected chi connectivity index (χ4v) is 4.45.